The summed E-state index contributed by atoms with van der Waals surface area (Å²) in [6.07, 6.45) is 0.857. The molecular weight excluding hydrogens is 390 g/mol. The predicted octanol–water partition coefficient (Wildman–Crippen LogP) is 5.10. The molecule has 0 aliphatic carbocycles. The van der Waals surface area contributed by atoms with Crippen molar-refractivity contribution in [1.29, 1.82) is 0 Å². The van der Waals surface area contributed by atoms with Crippen molar-refractivity contribution in [2.75, 3.05) is 11.5 Å². The lowest BCUT2D eigenvalue weighted by atomic mass is 9.95. The van der Waals surface area contributed by atoms with E-state index in [1.54, 1.807) is 42.5 Å². The van der Waals surface area contributed by atoms with Crippen LogP contribution in [-0.2, 0) is 9.59 Å². The first-order valence-electron chi connectivity index (χ1n) is 10.3. The predicted molar refractivity (Wildman–Crippen MR) is 120 cm³/mol. The Hall–Kier alpha value is -3.86. The maximum absolute atomic E-state index is 13.2. The summed E-state index contributed by atoms with van der Waals surface area (Å²) in [5.74, 6) is -0.959. The van der Waals surface area contributed by atoms with Crippen molar-refractivity contribution in [2.45, 2.75) is 19.4 Å². The second-order valence-corrected chi connectivity index (χ2v) is 7.29. The van der Waals surface area contributed by atoms with Gasteiger partial charge in [-0.05, 0) is 24.1 Å². The van der Waals surface area contributed by atoms with Gasteiger partial charge in [0.15, 0.2) is 0 Å². The van der Waals surface area contributed by atoms with Crippen molar-refractivity contribution >= 4 is 23.1 Å². The summed E-state index contributed by atoms with van der Waals surface area (Å²) >= 11 is 0. The first-order valence-corrected chi connectivity index (χ1v) is 10.3. The van der Waals surface area contributed by atoms with E-state index in [-0.39, 0.29) is 11.3 Å². The summed E-state index contributed by atoms with van der Waals surface area (Å²) < 4.78 is 5.72. The van der Waals surface area contributed by atoms with Crippen LogP contribution >= 0.6 is 0 Å². The number of ketones is 1. The van der Waals surface area contributed by atoms with Crippen LogP contribution in [0.4, 0.5) is 5.69 Å². The van der Waals surface area contributed by atoms with E-state index in [0.29, 0.717) is 23.6 Å². The minimum atomic E-state index is -0.747. The van der Waals surface area contributed by atoms with Crippen LogP contribution in [0.25, 0.3) is 5.76 Å². The monoisotopic (exact) mass is 413 g/mol. The molecule has 1 heterocycles. The Labute approximate surface area is 181 Å². The van der Waals surface area contributed by atoms with E-state index >= 15 is 0 Å². The van der Waals surface area contributed by atoms with Gasteiger partial charge in [-0.1, -0.05) is 73.7 Å². The third kappa shape index (κ3) is 3.94. The lowest BCUT2D eigenvalue weighted by Gasteiger charge is -2.25. The Morgan fingerprint density at radius 2 is 1.61 bits per heavy atom. The highest BCUT2D eigenvalue weighted by Crippen LogP contribution is 2.42. The van der Waals surface area contributed by atoms with E-state index in [2.05, 4.69) is 0 Å². The van der Waals surface area contributed by atoms with Crippen LogP contribution in [0.5, 0.6) is 5.75 Å². The number of nitrogens with zero attached hydrogens (tertiary/aromatic N) is 1. The highest BCUT2D eigenvalue weighted by atomic mass is 16.5. The number of hydrogen-bond acceptors (Lipinski definition) is 4. The zero-order valence-corrected chi connectivity index (χ0v) is 17.2. The molecule has 1 amide bonds. The Morgan fingerprint density at radius 1 is 0.935 bits per heavy atom. The standard InChI is InChI=1S/C26H23NO4/c1-2-16-31-21-15-9-14-20(17-21)27-23(18-10-5-3-6-11-18)22(25(29)26(27)30)24(28)19-12-7-4-8-13-19/h3-15,17,23,28H,2,16H2,1H3/b24-22+. The summed E-state index contributed by atoms with van der Waals surface area (Å²) in [5, 5.41) is 11.0. The zero-order chi connectivity index (χ0) is 21.8. The van der Waals surface area contributed by atoms with Crippen LogP contribution in [0.1, 0.15) is 30.5 Å². The molecule has 0 spiro atoms. The van der Waals surface area contributed by atoms with Crippen molar-refractivity contribution in [2.24, 2.45) is 0 Å². The number of carbonyl (C=O) groups excluding carboxylic acids is 2. The van der Waals surface area contributed by atoms with Crippen LogP contribution in [0, 0.1) is 0 Å². The van der Waals surface area contributed by atoms with Gasteiger partial charge in [-0.15, -0.1) is 0 Å². The zero-order valence-electron chi connectivity index (χ0n) is 17.2. The number of hydrogen-bond donors (Lipinski definition) is 1. The molecule has 0 bridgehead atoms. The maximum Gasteiger partial charge on any atom is 0.300 e. The molecule has 5 nitrogen and oxygen atoms in total. The van der Waals surface area contributed by atoms with Crippen molar-refractivity contribution in [3.63, 3.8) is 0 Å². The number of aliphatic hydroxyl groups excluding tert-OH is 1. The molecular formula is C26H23NO4. The van der Waals surface area contributed by atoms with E-state index in [1.807, 2.05) is 49.4 Å². The minimum absolute atomic E-state index is 0.0716. The Kier molecular flexibility index (Phi) is 5.85. The minimum Gasteiger partial charge on any atom is -0.507 e. The smallest absolute Gasteiger partial charge is 0.300 e. The highest BCUT2D eigenvalue weighted by Gasteiger charge is 2.46. The average Bonchev–Trinajstić information content (AvgIpc) is 3.09. The summed E-state index contributed by atoms with van der Waals surface area (Å²) in [6, 6.07) is 24.4. The topological polar surface area (TPSA) is 66.8 Å². The summed E-state index contributed by atoms with van der Waals surface area (Å²) in [7, 11) is 0. The van der Waals surface area contributed by atoms with Gasteiger partial charge in [0.1, 0.15) is 11.5 Å². The molecule has 5 heteroatoms. The molecule has 1 saturated heterocycles. The first kappa shape index (κ1) is 20.4. The van der Waals surface area contributed by atoms with Gasteiger partial charge in [-0.3, -0.25) is 14.5 Å². The quantitative estimate of drug-likeness (QED) is 0.347. The summed E-state index contributed by atoms with van der Waals surface area (Å²) in [6.45, 7) is 2.57. The lowest BCUT2D eigenvalue weighted by molar-refractivity contribution is -0.132. The highest BCUT2D eigenvalue weighted by molar-refractivity contribution is 6.51. The molecule has 1 aliphatic rings. The molecule has 1 aliphatic heterocycles. The van der Waals surface area contributed by atoms with E-state index < -0.39 is 17.7 Å². The SMILES string of the molecule is CCCOc1cccc(N2C(=O)C(=O)/C(=C(/O)c3ccccc3)C2c2ccccc2)c1. The number of rotatable bonds is 6. The van der Waals surface area contributed by atoms with Gasteiger partial charge in [-0.2, -0.15) is 0 Å². The second-order valence-electron chi connectivity index (χ2n) is 7.29. The maximum atomic E-state index is 13.2. The molecule has 1 unspecified atom stereocenters. The lowest BCUT2D eigenvalue weighted by Crippen LogP contribution is -2.29. The fourth-order valence-corrected chi connectivity index (χ4v) is 3.74. The molecule has 3 aromatic rings. The molecule has 0 saturated carbocycles. The van der Waals surface area contributed by atoms with E-state index in [4.69, 9.17) is 4.74 Å². The number of anilines is 1. The third-order valence-corrected chi connectivity index (χ3v) is 5.18. The van der Waals surface area contributed by atoms with E-state index in [1.165, 1.54) is 4.90 Å². The molecule has 4 rings (SSSR count). The molecule has 0 radical (unpaired) electrons. The molecule has 156 valence electrons. The van der Waals surface area contributed by atoms with Gasteiger partial charge < -0.3 is 9.84 Å². The number of aliphatic hydroxyl groups is 1. The van der Waals surface area contributed by atoms with Crippen LogP contribution in [0.2, 0.25) is 0 Å². The molecule has 1 N–H and O–H groups in total. The largest absolute Gasteiger partial charge is 0.507 e. The van der Waals surface area contributed by atoms with Crippen molar-refractivity contribution in [1.82, 2.24) is 0 Å². The summed E-state index contributed by atoms with van der Waals surface area (Å²) in [5.41, 5.74) is 1.83. The number of carbonyl (C=O) groups is 2. The van der Waals surface area contributed by atoms with Crippen LogP contribution in [0.15, 0.2) is 90.5 Å². The number of benzene rings is 3. The molecule has 31 heavy (non-hydrogen) atoms. The molecule has 1 fully saturated rings. The van der Waals surface area contributed by atoms with Gasteiger partial charge in [0.05, 0.1) is 18.2 Å². The second kappa shape index (κ2) is 8.88. The van der Waals surface area contributed by atoms with Gasteiger partial charge in [0.2, 0.25) is 0 Å². The normalized spacial score (nSPS) is 17.7. The van der Waals surface area contributed by atoms with E-state index in [0.717, 1.165) is 12.0 Å². The molecule has 3 aromatic carbocycles. The van der Waals surface area contributed by atoms with Crippen molar-refractivity contribution in [3.8, 4) is 5.75 Å². The average molecular weight is 413 g/mol. The van der Waals surface area contributed by atoms with Gasteiger partial charge in [0, 0.05) is 17.3 Å². The molecule has 0 aromatic heterocycles. The Morgan fingerprint density at radius 3 is 2.29 bits per heavy atom. The Balaban J connectivity index is 1.87. The fraction of sp³-hybridized carbons (Fsp3) is 0.154. The Bertz CT molecular complexity index is 1120. The first-order chi connectivity index (χ1) is 15.1. The van der Waals surface area contributed by atoms with E-state index in [9.17, 15) is 14.7 Å². The summed E-state index contributed by atoms with van der Waals surface area (Å²) in [4.78, 5) is 27.7. The van der Waals surface area contributed by atoms with Crippen molar-refractivity contribution < 1.29 is 19.4 Å². The van der Waals surface area contributed by atoms with Gasteiger partial charge in [0.25, 0.3) is 11.7 Å². The third-order valence-electron chi connectivity index (χ3n) is 5.18. The molecule has 1 atom stereocenters. The number of amides is 1. The fourth-order valence-electron chi connectivity index (χ4n) is 3.74. The van der Waals surface area contributed by atoms with Gasteiger partial charge in [-0.25, -0.2) is 0 Å². The van der Waals surface area contributed by atoms with Gasteiger partial charge >= 0.3 is 0 Å². The van der Waals surface area contributed by atoms with Crippen LogP contribution in [0.3, 0.4) is 0 Å². The number of Topliss-reactive ketones (excluding diaryl/α,β-unsaturated/α-hetero) is 1. The number of ether oxygens (including phenoxy) is 1. The van der Waals surface area contributed by atoms with Crippen molar-refractivity contribution in [3.05, 3.63) is 102 Å². The van der Waals surface area contributed by atoms with Crippen LogP contribution < -0.4 is 9.64 Å². The van der Waals surface area contributed by atoms with Crippen LogP contribution in [-0.4, -0.2) is 23.4 Å².